The summed E-state index contributed by atoms with van der Waals surface area (Å²) in [4.78, 5) is 0. The minimum atomic E-state index is 0.160. The van der Waals surface area contributed by atoms with Crippen molar-refractivity contribution in [2.45, 2.75) is 45.7 Å². The average Bonchev–Trinajstić information content (AvgIpc) is 2.81. The molecule has 1 atom stereocenters. The van der Waals surface area contributed by atoms with E-state index >= 15 is 0 Å². The van der Waals surface area contributed by atoms with Crippen LogP contribution in [-0.4, -0.2) is 21.9 Å². The lowest BCUT2D eigenvalue weighted by molar-refractivity contribution is 0.412. The van der Waals surface area contributed by atoms with E-state index in [1.807, 2.05) is 10.9 Å². The van der Waals surface area contributed by atoms with Crippen LogP contribution in [0.3, 0.4) is 0 Å². The van der Waals surface area contributed by atoms with E-state index in [2.05, 4.69) is 62.4 Å². The fraction of sp³-hybridized carbons (Fsp3) is 0.471. The highest BCUT2D eigenvalue weighted by Gasteiger charge is 2.12. The van der Waals surface area contributed by atoms with Crippen LogP contribution in [0, 0.1) is 0 Å². The van der Waals surface area contributed by atoms with Crippen molar-refractivity contribution in [1.82, 2.24) is 15.1 Å². The Labute approximate surface area is 132 Å². The maximum atomic E-state index is 5.87. The van der Waals surface area contributed by atoms with Gasteiger partial charge >= 0.3 is 0 Å². The highest BCUT2D eigenvalue weighted by atomic mass is 35.5. The third-order valence-corrected chi connectivity index (χ3v) is 3.63. The molecule has 0 aliphatic heterocycles. The summed E-state index contributed by atoms with van der Waals surface area (Å²) in [5, 5.41) is 8.42. The van der Waals surface area contributed by atoms with Gasteiger partial charge in [0.25, 0.3) is 0 Å². The summed E-state index contributed by atoms with van der Waals surface area (Å²) < 4.78 is 1.85. The molecule has 1 aromatic heterocycles. The zero-order chi connectivity index (χ0) is 15.5. The van der Waals surface area contributed by atoms with Crippen LogP contribution in [0.15, 0.2) is 36.7 Å². The molecular weight excluding hydrogens is 282 g/mol. The second kappa shape index (κ2) is 6.63. The van der Waals surface area contributed by atoms with Crippen molar-refractivity contribution in [2.24, 2.45) is 0 Å². The summed E-state index contributed by atoms with van der Waals surface area (Å²) in [6.07, 6.45) is 3.50. The Morgan fingerprint density at radius 2 is 1.90 bits per heavy atom. The quantitative estimate of drug-likeness (QED) is 0.902. The van der Waals surface area contributed by atoms with E-state index in [1.165, 1.54) is 11.1 Å². The highest BCUT2D eigenvalue weighted by molar-refractivity contribution is 6.30. The zero-order valence-electron chi connectivity index (χ0n) is 13.2. The van der Waals surface area contributed by atoms with Gasteiger partial charge in [0.05, 0.1) is 17.8 Å². The molecule has 1 unspecified atom stereocenters. The molecule has 2 aromatic rings. The lowest BCUT2D eigenvalue weighted by Gasteiger charge is -2.23. The number of hydrogen-bond donors (Lipinski definition) is 1. The number of hydrogen-bond acceptors (Lipinski definition) is 2. The Hall–Kier alpha value is -1.32. The number of benzene rings is 1. The van der Waals surface area contributed by atoms with Crippen molar-refractivity contribution in [3.63, 3.8) is 0 Å². The summed E-state index contributed by atoms with van der Waals surface area (Å²) in [5.41, 5.74) is 2.75. The molecule has 0 saturated heterocycles. The molecule has 0 fully saturated rings. The molecule has 21 heavy (non-hydrogen) atoms. The van der Waals surface area contributed by atoms with Crippen molar-refractivity contribution in [3.8, 4) is 0 Å². The lowest BCUT2D eigenvalue weighted by atomic mass is 9.98. The first-order chi connectivity index (χ1) is 9.83. The molecular formula is C17H24ClN3. The molecule has 0 amide bonds. The minimum absolute atomic E-state index is 0.160. The van der Waals surface area contributed by atoms with Crippen molar-refractivity contribution in [1.29, 1.82) is 0 Å². The van der Waals surface area contributed by atoms with Crippen molar-refractivity contribution < 1.29 is 0 Å². The second-order valence-electron chi connectivity index (χ2n) is 6.63. The zero-order valence-corrected chi connectivity index (χ0v) is 14.0. The van der Waals surface area contributed by atoms with E-state index in [-0.39, 0.29) is 5.54 Å². The Morgan fingerprint density at radius 3 is 2.43 bits per heavy atom. The Kier molecular flexibility index (Phi) is 5.07. The first kappa shape index (κ1) is 16.1. The van der Waals surface area contributed by atoms with Crippen LogP contribution in [-0.2, 0) is 6.54 Å². The minimum Gasteiger partial charge on any atom is -0.311 e. The number of rotatable bonds is 5. The Morgan fingerprint density at radius 1 is 1.24 bits per heavy atom. The molecule has 3 nitrogen and oxygen atoms in total. The number of nitrogens with zero attached hydrogens (tertiary/aromatic N) is 2. The number of aromatic nitrogens is 2. The van der Waals surface area contributed by atoms with Gasteiger partial charge in [0.1, 0.15) is 0 Å². The van der Waals surface area contributed by atoms with Gasteiger partial charge in [0.2, 0.25) is 0 Å². The van der Waals surface area contributed by atoms with Gasteiger partial charge in [0.15, 0.2) is 0 Å². The summed E-state index contributed by atoms with van der Waals surface area (Å²) >= 11 is 5.87. The third-order valence-electron chi connectivity index (χ3n) is 3.43. The van der Waals surface area contributed by atoms with Gasteiger partial charge in [0, 0.05) is 18.3 Å². The maximum absolute atomic E-state index is 5.87. The smallest absolute Gasteiger partial charge is 0.0785 e. The van der Waals surface area contributed by atoms with E-state index in [4.69, 9.17) is 11.6 Å². The van der Waals surface area contributed by atoms with Gasteiger partial charge in [-0.2, -0.15) is 5.10 Å². The first-order valence-corrected chi connectivity index (χ1v) is 7.73. The van der Waals surface area contributed by atoms with Gasteiger partial charge < -0.3 is 5.32 Å². The molecule has 0 spiro atoms. The predicted octanol–water partition coefficient (Wildman–Crippen LogP) is 4.08. The van der Waals surface area contributed by atoms with Crippen LogP contribution < -0.4 is 5.32 Å². The number of halogens is 1. The third kappa shape index (κ3) is 5.18. The van der Waals surface area contributed by atoms with E-state index in [1.54, 1.807) is 6.20 Å². The molecule has 114 valence electrons. The molecule has 0 bridgehead atoms. The van der Waals surface area contributed by atoms with Gasteiger partial charge in [-0.25, -0.2) is 0 Å². The van der Waals surface area contributed by atoms with Crippen LogP contribution in [0.1, 0.15) is 44.7 Å². The van der Waals surface area contributed by atoms with Gasteiger partial charge in [-0.05, 0) is 37.8 Å². The molecule has 0 saturated carbocycles. The topological polar surface area (TPSA) is 29.9 Å². The molecule has 1 aromatic carbocycles. The van der Waals surface area contributed by atoms with Crippen molar-refractivity contribution >= 4 is 11.6 Å². The van der Waals surface area contributed by atoms with Crippen molar-refractivity contribution in [3.05, 3.63) is 52.8 Å². The van der Waals surface area contributed by atoms with Gasteiger partial charge in [-0.1, -0.05) is 42.8 Å². The largest absolute Gasteiger partial charge is 0.311 e. The molecule has 2 rings (SSSR count). The summed E-state index contributed by atoms with van der Waals surface area (Å²) in [6.45, 7) is 10.6. The molecule has 0 radical (unpaired) electrons. The highest BCUT2D eigenvalue weighted by Crippen LogP contribution is 2.17. The fourth-order valence-electron chi connectivity index (χ4n) is 2.14. The van der Waals surface area contributed by atoms with E-state index < -0.39 is 0 Å². The molecule has 1 N–H and O–H groups in total. The Balaban J connectivity index is 1.95. The Bertz CT molecular complexity index is 566. The van der Waals surface area contributed by atoms with Crippen LogP contribution in [0.2, 0.25) is 5.02 Å². The van der Waals surface area contributed by atoms with E-state index in [0.717, 1.165) is 13.1 Å². The molecule has 0 aliphatic rings. The van der Waals surface area contributed by atoms with Crippen LogP contribution in [0.25, 0.3) is 0 Å². The number of nitrogens with one attached hydrogen (secondary N) is 1. The van der Waals surface area contributed by atoms with Gasteiger partial charge in [-0.3, -0.25) is 4.68 Å². The van der Waals surface area contributed by atoms with Crippen molar-refractivity contribution in [2.75, 3.05) is 6.54 Å². The van der Waals surface area contributed by atoms with E-state index in [0.29, 0.717) is 10.9 Å². The molecule has 1 heterocycles. The second-order valence-corrected chi connectivity index (χ2v) is 7.07. The van der Waals surface area contributed by atoms with Crippen LogP contribution in [0.4, 0.5) is 0 Å². The van der Waals surface area contributed by atoms with Crippen LogP contribution >= 0.6 is 11.6 Å². The van der Waals surface area contributed by atoms with Gasteiger partial charge in [-0.15, -0.1) is 0 Å². The SMILES string of the molecule is CC(CNC(C)(C)C)c1ccc(Cn2cc(Cl)cn2)cc1. The molecule has 4 heteroatoms. The van der Waals surface area contributed by atoms with E-state index in [9.17, 15) is 0 Å². The lowest BCUT2D eigenvalue weighted by Crippen LogP contribution is -2.38. The standard InChI is InChI=1S/C17H24ClN3/c1-13(9-19-17(2,3)4)15-7-5-14(6-8-15)11-21-12-16(18)10-20-21/h5-8,10,12-13,19H,9,11H2,1-4H3. The fourth-order valence-corrected chi connectivity index (χ4v) is 2.30. The summed E-state index contributed by atoms with van der Waals surface area (Å²) in [7, 11) is 0. The maximum Gasteiger partial charge on any atom is 0.0785 e. The summed E-state index contributed by atoms with van der Waals surface area (Å²) in [5.74, 6) is 0.498. The first-order valence-electron chi connectivity index (χ1n) is 7.35. The average molecular weight is 306 g/mol. The monoisotopic (exact) mass is 305 g/mol. The predicted molar refractivity (Wildman–Crippen MR) is 89.0 cm³/mol. The summed E-state index contributed by atoms with van der Waals surface area (Å²) in [6, 6.07) is 8.74. The van der Waals surface area contributed by atoms with Crippen LogP contribution in [0.5, 0.6) is 0 Å². The molecule has 0 aliphatic carbocycles. The normalized spacial score (nSPS) is 13.4.